The van der Waals surface area contributed by atoms with E-state index in [4.69, 9.17) is 5.73 Å². The number of fused-ring (bicyclic) bond motifs is 1. The van der Waals surface area contributed by atoms with Crippen LogP contribution in [-0.4, -0.2) is 18.6 Å². The Morgan fingerprint density at radius 3 is 2.86 bits per heavy atom. The largest absolute Gasteiger partial charge is 0.399 e. The number of nitrogens with two attached hydrogens (primary N) is 1. The normalized spacial score (nSPS) is 11.7. The second-order valence-electron chi connectivity index (χ2n) is 4.77. The first kappa shape index (κ1) is 13.4. The van der Waals surface area contributed by atoms with Gasteiger partial charge in [0.25, 0.3) is 10.0 Å². The maximum Gasteiger partial charge on any atom is 0.262 e. The van der Waals surface area contributed by atoms with Gasteiger partial charge in [-0.05, 0) is 36.8 Å². The van der Waals surface area contributed by atoms with Gasteiger partial charge in [-0.3, -0.25) is 9.82 Å². The lowest BCUT2D eigenvalue weighted by molar-refractivity contribution is 0.600. The molecule has 3 aromatic rings. The van der Waals surface area contributed by atoms with Crippen LogP contribution in [0.3, 0.4) is 0 Å². The number of nitrogens with zero attached hydrogens (tertiary/aromatic N) is 1. The van der Waals surface area contributed by atoms with E-state index in [0.29, 0.717) is 22.3 Å². The number of rotatable bonds is 3. The maximum absolute atomic E-state index is 12.5. The molecule has 1 heterocycles. The van der Waals surface area contributed by atoms with Gasteiger partial charge in [0.2, 0.25) is 0 Å². The molecule has 0 radical (unpaired) electrons. The Labute approximate surface area is 122 Å². The number of anilines is 2. The molecule has 0 spiro atoms. The molecule has 0 atom stereocenters. The van der Waals surface area contributed by atoms with Crippen molar-refractivity contribution in [3.05, 3.63) is 48.2 Å². The number of aromatic nitrogens is 2. The van der Waals surface area contributed by atoms with Gasteiger partial charge < -0.3 is 5.73 Å². The van der Waals surface area contributed by atoms with Crippen LogP contribution >= 0.6 is 0 Å². The molecule has 3 rings (SSSR count). The Morgan fingerprint density at radius 1 is 1.24 bits per heavy atom. The van der Waals surface area contributed by atoms with Gasteiger partial charge in [-0.15, -0.1) is 0 Å². The molecule has 1 aromatic heterocycles. The molecular weight excluding hydrogens is 288 g/mol. The number of H-pyrrole nitrogens is 1. The Bertz CT molecular complexity index is 916. The maximum atomic E-state index is 12.5. The molecule has 6 nitrogen and oxygen atoms in total. The Hall–Kier alpha value is -2.54. The molecule has 4 N–H and O–H groups in total. The minimum atomic E-state index is -3.71. The highest BCUT2D eigenvalue weighted by Gasteiger charge is 2.18. The lowest BCUT2D eigenvalue weighted by atomic mass is 10.2. The van der Waals surface area contributed by atoms with Crippen molar-refractivity contribution >= 4 is 32.3 Å². The summed E-state index contributed by atoms with van der Waals surface area (Å²) in [5.74, 6) is 0. The molecule has 108 valence electrons. The van der Waals surface area contributed by atoms with Crippen LogP contribution in [0.15, 0.2) is 47.5 Å². The zero-order valence-corrected chi connectivity index (χ0v) is 12.1. The van der Waals surface area contributed by atoms with Crippen LogP contribution in [0.2, 0.25) is 0 Å². The van der Waals surface area contributed by atoms with Crippen molar-refractivity contribution in [2.24, 2.45) is 0 Å². The van der Waals surface area contributed by atoms with Crippen LogP contribution in [0.4, 0.5) is 11.4 Å². The van der Waals surface area contributed by atoms with Crippen molar-refractivity contribution in [1.29, 1.82) is 0 Å². The summed E-state index contributed by atoms with van der Waals surface area (Å²) >= 11 is 0. The van der Waals surface area contributed by atoms with Crippen LogP contribution in [0.25, 0.3) is 10.9 Å². The molecule has 0 fully saturated rings. The fourth-order valence-corrected chi connectivity index (χ4v) is 3.52. The quantitative estimate of drug-likeness (QED) is 0.646. The highest BCUT2D eigenvalue weighted by atomic mass is 32.2. The monoisotopic (exact) mass is 302 g/mol. The SMILES string of the molecule is Cc1ccc(N)cc1S(=O)(=O)Nc1cccc2[nH]ncc12. The van der Waals surface area contributed by atoms with Crippen molar-refractivity contribution < 1.29 is 8.42 Å². The molecule has 0 unspecified atom stereocenters. The second kappa shape index (κ2) is 4.78. The third-order valence-corrected chi connectivity index (χ3v) is 4.74. The van der Waals surface area contributed by atoms with Gasteiger partial charge in [-0.25, -0.2) is 8.42 Å². The average molecular weight is 302 g/mol. The van der Waals surface area contributed by atoms with Crippen molar-refractivity contribution in [3.63, 3.8) is 0 Å². The summed E-state index contributed by atoms with van der Waals surface area (Å²) < 4.78 is 27.7. The second-order valence-corrected chi connectivity index (χ2v) is 6.42. The van der Waals surface area contributed by atoms with E-state index in [1.807, 2.05) is 6.07 Å². The topological polar surface area (TPSA) is 101 Å². The lowest BCUT2D eigenvalue weighted by Gasteiger charge is -2.11. The van der Waals surface area contributed by atoms with Gasteiger partial charge in [-0.1, -0.05) is 12.1 Å². The molecule has 0 aliphatic rings. The van der Waals surface area contributed by atoms with Crippen molar-refractivity contribution in [2.45, 2.75) is 11.8 Å². The van der Waals surface area contributed by atoms with E-state index in [1.54, 1.807) is 37.4 Å². The smallest absolute Gasteiger partial charge is 0.262 e. The van der Waals surface area contributed by atoms with Gasteiger partial charge in [-0.2, -0.15) is 5.10 Å². The van der Waals surface area contributed by atoms with E-state index in [0.717, 1.165) is 5.52 Å². The molecule has 0 saturated heterocycles. The average Bonchev–Trinajstić information content (AvgIpc) is 2.90. The zero-order valence-electron chi connectivity index (χ0n) is 11.3. The predicted octanol–water partition coefficient (Wildman–Crippen LogP) is 2.25. The number of aryl methyl sites for hydroxylation is 1. The summed E-state index contributed by atoms with van der Waals surface area (Å²) in [6.45, 7) is 1.73. The van der Waals surface area contributed by atoms with Crippen molar-refractivity contribution in [2.75, 3.05) is 10.5 Å². The molecule has 0 bridgehead atoms. The minimum absolute atomic E-state index is 0.169. The third-order valence-electron chi connectivity index (χ3n) is 3.23. The Kier molecular flexibility index (Phi) is 3.06. The van der Waals surface area contributed by atoms with Crippen LogP contribution in [0.5, 0.6) is 0 Å². The Balaban J connectivity index is 2.08. The number of aromatic amines is 1. The first-order chi connectivity index (χ1) is 9.97. The third kappa shape index (κ3) is 2.43. The zero-order chi connectivity index (χ0) is 15.0. The summed E-state index contributed by atoms with van der Waals surface area (Å²) in [4.78, 5) is 0.169. The fraction of sp³-hybridized carbons (Fsp3) is 0.0714. The summed E-state index contributed by atoms with van der Waals surface area (Å²) in [6, 6.07) is 10.1. The summed E-state index contributed by atoms with van der Waals surface area (Å²) in [5, 5.41) is 7.43. The van der Waals surface area contributed by atoms with Gasteiger partial charge in [0.15, 0.2) is 0 Å². The van der Waals surface area contributed by atoms with Gasteiger partial charge in [0.05, 0.1) is 22.3 Å². The summed E-state index contributed by atoms with van der Waals surface area (Å²) in [7, 11) is -3.71. The van der Waals surface area contributed by atoms with E-state index >= 15 is 0 Å². The minimum Gasteiger partial charge on any atom is -0.399 e. The molecule has 0 saturated carbocycles. The lowest BCUT2D eigenvalue weighted by Crippen LogP contribution is -2.14. The van der Waals surface area contributed by atoms with Gasteiger partial charge in [0, 0.05) is 11.1 Å². The van der Waals surface area contributed by atoms with Crippen LogP contribution < -0.4 is 10.5 Å². The predicted molar refractivity (Wildman–Crippen MR) is 82.5 cm³/mol. The van der Waals surface area contributed by atoms with E-state index in [1.165, 1.54) is 6.07 Å². The number of nitrogen functional groups attached to an aromatic ring is 1. The van der Waals surface area contributed by atoms with E-state index < -0.39 is 10.0 Å². The van der Waals surface area contributed by atoms with E-state index in [2.05, 4.69) is 14.9 Å². The van der Waals surface area contributed by atoms with Crippen LogP contribution in [0, 0.1) is 6.92 Å². The molecule has 0 amide bonds. The molecular formula is C14H14N4O2S. The Morgan fingerprint density at radius 2 is 2.05 bits per heavy atom. The molecule has 7 heteroatoms. The number of nitrogens with one attached hydrogen (secondary N) is 2. The van der Waals surface area contributed by atoms with Crippen LogP contribution in [-0.2, 0) is 10.0 Å². The number of benzene rings is 2. The van der Waals surface area contributed by atoms with Crippen molar-refractivity contribution in [1.82, 2.24) is 10.2 Å². The first-order valence-corrected chi connectivity index (χ1v) is 7.77. The molecule has 0 aliphatic heterocycles. The molecule has 2 aromatic carbocycles. The van der Waals surface area contributed by atoms with Gasteiger partial charge in [0.1, 0.15) is 0 Å². The first-order valence-electron chi connectivity index (χ1n) is 6.28. The molecule has 21 heavy (non-hydrogen) atoms. The van der Waals surface area contributed by atoms with Gasteiger partial charge >= 0.3 is 0 Å². The fourth-order valence-electron chi connectivity index (χ4n) is 2.16. The molecule has 0 aliphatic carbocycles. The number of hydrogen-bond donors (Lipinski definition) is 3. The van der Waals surface area contributed by atoms with E-state index in [9.17, 15) is 8.42 Å². The highest BCUT2D eigenvalue weighted by molar-refractivity contribution is 7.92. The standard InChI is InChI=1S/C14H14N4O2S/c1-9-5-6-10(15)7-14(9)21(19,20)18-13-4-2-3-12-11(13)8-16-17-12/h2-8,18H,15H2,1H3,(H,16,17). The summed E-state index contributed by atoms with van der Waals surface area (Å²) in [5.41, 5.74) is 7.96. The van der Waals surface area contributed by atoms with E-state index in [-0.39, 0.29) is 4.90 Å². The summed E-state index contributed by atoms with van der Waals surface area (Å²) in [6.07, 6.45) is 1.58. The van der Waals surface area contributed by atoms with Crippen LogP contribution in [0.1, 0.15) is 5.56 Å². The van der Waals surface area contributed by atoms with Crippen molar-refractivity contribution in [3.8, 4) is 0 Å². The number of sulfonamides is 1. The highest BCUT2D eigenvalue weighted by Crippen LogP contribution is 2.26. The number of hydrogen-bond acceptors (Lipinski definition) is 4.